The Bertz CT molecular complexity index is 135. The van der Waals surface area contributed by atoms with Crippen LogP contribution in [0, 0.1) is 6.92 Å². The smallest absolute Gasteiger partial charge is 0.0697 e. The quantitative estimate of drug-likeness (QED) is 0.435. The van der Waals surface area contributed by atoms with Gasteiger partial charge in [-0.3, -0.25) is 0 Å². The maximum Gasteiger partial charge on any atom is 0.0697 e. The van der Waals surface area contributed by atoms with Crippen molar-refractivity contribution >= 4 is 0 Å². The monoisotopic (exact) mass is 273 g/mol. The van der Waals surface area contributed by atoms with Crippen molar-refractivity contribution in [3.8, 4) is 0 Å². The standard InChI is InChI=1S/C16H33O3/c1-2-3-4-5-6-9-13-18-14-10-7-8-11-15-19-16-12-17/h17H,1-16H2. The molecule has 0 heterocycles. The maximum atomic E-state index is 8.53. The topological polar surface area (TPSA) is 38.7 Å². The normalized spacial score (nSPS) is 11.1. The van der Waals surface area contributed by atoms with E-state index < -0.39 is 0 Å². The van der Waals surface area contributed by atoms with Gasteiger partial charge in [0, 0.05) is 19.8 Å². The number of aliphatic hydroxyl groups is 1. The van der Waals surface area contributed by atoms with E-state index in [0.717, 1.165) is 39.1 Å². The molecule has 0 aromatic rings. The average molecular weight is 273 g/mol. The van der Waals surface area contributed by atoms with Gasteiger partial charge in [0.25, 0.3) is 0 Å². The van der Waals surface area contributed by atoms with E-state index in [9.17, 15) is 0 Å². The van der Waals surface area contributed by atoms with Crippen LogP contribution in [0.1, 0.15) is 64.2 Å². The van der Waals surface area contributed by atoms with Crippen molar-refractivity contribution in [3.63, 3.8) is 0 Å². The Morgan fingerprint density at radius 3 is 1.47 bits per heavy atom. The maximum absolute atomic E-state index is 8.53. The summed E-state index contributed by atoms with van der Waals surface area (Å²) in [6.45, 7) is 7.04. The molecule has 115 valence electrons. The van der Waals surface area contributed by atoms with Crippen molar-refractivity contribution in [2.45, 2.75) is 64.2 Å². The van der Waals surface area contributed by atoms with E-state index in [1.54, 1.807) is 0 Å². The molecule has 0 aromatic carbocycles. The highest BCUT2D eigenvalue weighted by molar-refractivity contribution is 4.47. The molecular formula is C16H33O3. The summed E-state index contributed by atoms with van der Waals surface area (Å²) in [7, 11) is 0. The second-order valence-corrected chi connectivity index (χ2v) is 4.98. The van der Waals surface area contributed by atoms with Crippen LogP contribution in [0.2, 0.25) is 0 Å². The van der Waals surface area contributed by atoms with Gasteiger partial charge < -0.3 is 14.6 Å². The first-order chi connectivity index (χ1) is 9.41. The number of unbranched alkanes of at least 4 members (excludes halogenated alkanes) is 8. The fourth-order valence-corrected chi connectivity index (χ4v) is 1.94. The van der Waals surface area contributed by atoms with E-state index in [4.69, 9.17) is 14.6 Å². The number of hydrogen-bond donors (Lipinski definition) is 1. The molecule has 0 bridgehead atoms. The summed E-state index contributed by atoms with van der Waals surface area (Å²) in [4.78, 5) is 0. The second kappa shape index (κ2) is 17.9. The zero-order chi connectivity index (χ0) is 14.0. The Morgan fingerprint density at radius 2 is 1.00 bits per heavy atom. The van der Waals surface area contributed by atoms with Gasteiger partial charge in [0.1, 0.15) is 0 Å². The second-order valence-electron chi connectivity index (χ2n) is 4.98. The molecule has 0 saturated heterocycles. The van der Waals surface area contributed by atoms with Crippen LogP contribution in [0.5, 0.6) is 0 Å². The van der Waals surface area contributed by atoms with Gasteiger partial charge in [0.05, 0.1) is 13.2 Å². The number of ether oxygens (including phenoxy) is 2. The molecule has 0 spiro atoms. The molecule has 0 aliphatic rings. The van der Waals surface area contributed by atoms with Crippen LogP contribution < -0.4 is 0 Å². The Morgan fingerprint density at radius 1 is 0.579 bits per heavy atom. The molecule has 0 amide bonds. The molecular weight excluding hydrogens is 240 g/mol. The molecule has 1 radical (unpaired) electrons. The highest BCUT2D eigenvalue weighted by atomic mass is 16.5. The van der Waals surface area contributed by atoms with Gasteiger partial charge >= 0.3 is 0 Å². The lowest BCUT2D eigenvalue weighted by Gasteiger charge is -2.05. The largest absolute Gasteiger partial charge is 0.394 e. The lowest BCUT2D eigenvalue weighted by Crippen LogP contribution is -2.01. The predicted octanol–water partition coefficient (Wildman–Crippen LogP) is 3.75. The van der Waals surface area contributed by atoms with Crippen molar-refractivity contribution in [2.75, 3.05) is 33.0 Å². The van der Waals surface area contributed by atoms with E-state index >= 15 is 0 Å². The van der Waals surface area contributed by atoms with E-state index in [-0.39, 0.29) is 6.61 Å². The van der Waals surface area contributed by atoms with Crippen molar-refractivity contribution in [1.82, 2.24) is 0 Å². The zero-order valence-electron chi connectivity index (χ0n) is 12.6. The van der Waals surface area contributed by atoms with Crippen LogP contribution >= 0.6 is 0 Å². The number of rotatable bonds is 16. The molecule has 0 aliphatic carbocycles. The van der Waals surface area contributed by atoms with Crippen molar-refractivity contribution in [1.29, 1.82) is 0 Å². The third kappa shape index (κ3) is 17.9. The van der Waals surface area contributed by atoms with Gasteiger partial charge in [-0.05, 0) is 19.3 Å². The summed E-state index contributed by atoms with van der Waals surface area (Å²) in [6, 6.07) is 0. The third-order valence-electron chi connectivity index (χ3n) is 3.10. The summed E-state index contributed by atoms with van der Waals surface area (Å²) < 4.78 is 10.8. The van der Waals surface area contributed by atoms with Crippen molar-refractivity contribution < 1.29 is 14.6 Å². The Labute approximate surface area is 119 Å². The summed E-state index contributed by atoms with van der Waals surface area (Å²) in [5.74, 6) is 0. The van der Waals surface area contributed by atoms with Gasteiger partial charge in [-0.1, -0.05) is 51.9 Å². The fourth-order valence-electron chi connectivity index (χ4n) is 1.94. The minimum atomic E-state index is 0.128. The van der Waals surface area contributed by atoms with Gasteiger partial charge in [0.15, 0.2) is 0 Å². The van der Waals surface area contributed by atoms with Crippen LogP contribution in [-0.2, 0) is 9.47 Å². The van der Waals surface area contributed by atoms with Crippen LogP contribution in [0.3, 0.4) is 0 Å². The molecule has 3 nitrogen and oxygen atoms in total. The molecule has 0 atom stereocenters. The first kappa shape index (κ1) is 18.9. The van der Waals surface area contributed by atoms with Gasteiger partial charge in [-0.15, -0.1) is 0 Å². The number of hydrogen-bond acceptors (Lipinski definition) is 3. The first-order valence-electron chi connectivity index (χ1n) is 7.97. The summed E-state index contributed by atoms with van der Waals surface area (Å²) >= 11 is 0. The lowest BCUT2D eigenvalue weighted by atomic mass is 10.1. The highest BCUT2D eigenvalue weighted by Crippen LogP contribution is 2.05. The van der Waals surface area contributed by atoms with Crippen LogP contribution in [0.15, 0.2) is 0 Å². The zero-order valence-corrected chi connectivity index (χ0v) is 12.6. The Balaban J connectivity index is 2.88. The minimum absolute atomic E-state index is 0.128. The fraction of sp³-hybridized carbons (Fsp3) is 0.938. The third-order valence-corrected chi connectivity index (χ3v) is 3.10. The summed E-state index contributed by atoms with van der Waals surface area (Å²) in [5, 5.41) is 8.53. The van der Waals surface area contributed by atoms with E-state index in [1.165, 1.54) is 44.9 Å². The SMILES string of the molecule is [CH2]CCCCCCCOCCCCCCOCCO. The molecule has 0 rings (SSSR count). The van der Waals surface area contributed by atoms with Crippen molar-refractivity contribution in [2.24, 2.45) is 0 Å². The van der Waals surface area contributed by atoms with E-state index in [0.29, 0.717) is 6.61 Å². The van der Waals surface area contributed by atoms with Crippen LogP contribution in [0.25, 0.3) is 0 Å². The first-order valence-corrected chi connectivity index (χ1v) is 7.97. The Kier molecular flexibility index (Phi) is 17.8. The summed E-state index contributed by atoms with van der Waals surface area (Å²) in [5.41, 5.74) is 0. The van der Waals surface area contributed by atoms with E-state index in [2.05, 4.69) is 6.92 Å². The molecule has 0 saturated carbocycles. The molecule has 0 aromatic heterocycles. The van der Waals surface area contributed by atoms with Crippen molar-refractivity contribution in [3.05, 3.63) is 6.92 Å². The molecule has 0 fully saturated rings. The van der Waals surface area contributed by atoms with E-state index in [1.807, 2.05) is 0 Å². The van der Waals surface area contributed by atoms with Crippen LogP contribution in [0.4, 0.5) is 0 Å². The van der Waals surface area contributed by atoms with Gasteiger partial charge in [-0.2, -0.15) is 0 Å². The average Bonchev–Trinajstić information content (AvgIpc) is 2.43. The molecule has 0 aliphatic heterocycles. The lowest BCUT2D eigenvalue weighted by molar-refractivity contribution is 0.0883. The van der Waals surface area contributed by atoms with Crippen LogP contribution in [-0.4, -0.2) is 38.1 Å². The molecule has 0 unspecified atom stereocenters. The molecule has 19 heavy (non-hydrogen) atoms. The highest BCUT2D eigenvalue weighted by Gasteiger charge is 1.93. The predicted molar refractivity (Wildman–Crippen MR) is 80.3 cm³/mol. The number of aliphatic hydroxyl groups excluding tert-OH is 1. The molecule has 1 N–H and O–H groups in total. The van der Waals surface area contributed by atoms with Gasteiger partial charge in [0.2, 0.25) is 0 Å². The summed E-state index contributed by atoms with van der Waals surface area (Å²) in [6.07, 6.45) is 12.1. The molecule has 3 heteroatoms. The van der Waals surface area contributed by atoms with Gasteiger partial charge in [-0.25, -0.2) is 0 Å². The Hall–Kier alpha value is -0.120. The minimum Gasteiger partial charge on any atom is -0.394 e.